The van der Waals surface area contributed by atoms with Gasteiger partial charge in [-0.15, -0.1) is 0 Å². The Morgan fingerprint density at radius 2 is 1.39 bits per heavy atom. The average Bonchev–Trinajstić information content (AvgIpc) is 2.79. The number of aromatic nitrogens is 1. The molecule has 3 aromatic rings. The number of amides is 3. The molecule has 0 fully saturated rings. The highest BCUT2D eigenvalue weighted by Gasteiger charge is 2.11. The molecule has 8 heteroatoms. The molecule has 0 atom stereocenters. The Bertz CT molecular complexity index is 1130. The first-order valence-electron chi connectivity index (χ1n) is 9.51. The molecule has 0 aliphatic rings. The van der Waals surface area contributed by atoms with Crippen molar-refractivity contribution in [3.8, 4) is 11.5 Å². The topological polar surface area (TPSA) is 109 Å². The summed E-state index contributed by atoms with van der Waals surface area (Å²) < 4.78 is 5.70. The van der Waals surface area contributed by atoms with Crippen LogP contribution >= 0.6 is 0 Å². The van der Waals surface area contributed by atoms with Gasteiger partial charge in [-0.2, -0.15) is 0 Å². The fourth-order valence-electron chi connectivity index (χ4n) is 2.68. The quantitative estimate of drug-likeness (QED) is 0.552. The molecule has 1 heterocycles. The molecule has 8 nitrogen and oxygen atoms in total. The summed E-state index contributed by atoms with van der Waals surface area (Å²) in [5.41, 5.74) is 7.91. The summed E-state index contributed by atoms with van der Waals surface area (Å²) in [5.74, 6) is -0.271. The lowest BCUT2D eigenvalue weighted by molar-refractivity contribution is 0.0846. The summed E-state index contributed by atoms with van der Waals surface area (Å²) in [6.45, 7) is 3.88. The zero-order valence-electron chi connectivity index (χ0n) is 17.4. The summed E-state index contributed by atoms with van der Waals surface area (Å²) in [4.78, 5) is 40.2. The van der Waals surface area contributed by atoms with E-state index in [4.69, 9.17) is 4.74 Å². The van der Waals surface area contributed by atoms with Gasteiger partial charge in [-0.05, 0) is 67.4 Å². The van der Waals surface area contributed by atoms with Crippen LogP contribution in [0.5, 0.6) is 11.5 Å². The highest BCUT2D eigenvalue weighted by molar-refractivity contribution is 5.99. The molecule has 3 amide bonds. The standard InChI is InChI=1S/C23H22N4O4/c1-14-4-5-17(12-15(14)2)22(29)27-26-21(28)16-6-8-18(9-7-16)31-19-10-11-25-20(13-19)23(30)24-3/h4-13H,1-3H3,(H,24,30)(H,26,28)(H,27,29). The highest BCUT2D eigenvalue weighted by atomic mass is 16.5. The molecule has 1 aromatic heterocycles. The van der Waals surface area contributed by atoms with E-state index in [2.05, 4.69) is 21.2 Å². The Kier molecular flexibility index (Phi) is 6.61. The third-order valence-corrected chi connectivity index (χ3v) is 4.60. The first-order chi connectivity index (χ1) is 14.9. The van der Waals surface area contributed by atoms with Crippen LogP contribution in [-0.2, 0) is 0 Å². The second kappa shape index (κ2) is 9.53. The molecular weight excluding hydrogens is 396 g/mol. The van der Waals surface area contributed by atoms with Gasteiger partial charge in [0.15, 0.2) is 0 Å². The third-order valence-electron chi connectivity index (χ3n) is 4.60. The van der Waals surface area contributed by atoms with Gasteiger partial charge in [0.05, 0.1) is 0 Å². The Balaban J connectivity index is 1.59. The summed E-state index contributed by atoms with van der Waals surface area (Å²) in [6.07, 6.45) is 1.47. The first-order valence-corrected chi connectivity index (χ1v) is 9.51. The molecule has 0 radical (unpaired) electrons. The fourth-order valence-corrected chi connectivity index (χ4v) is 2.68. The van der Waals surface area contributed by atoms with Gasteiger partial charge >= 0.3 is 0 Å². The predicted octanol–water partition coefficient (Wildman–Crippen LogP) is 2.93. The summed E-state index contributed by atoms with van der Waals surface area (Å²) in [5, 5.41) is 2.50. The molecule has 0 saturated heterocycles. The van der Waals surface area contributed by atoms with E-state index in [0.717, 1.165) is 11.1 Å². The van der Waals surface area contributed by atoms with E-state index >= 15 is 0 Å². The van der Waals surface area contributed by atoms with Gasteiger partial charge in [0.25, 0.3) is 17.7 Å². The number of pyridine rings is 1. The van der Waals surface area contributed by atoms with Crippen molar-refractivity contribution in [1.82, 2.24) is 21.2 Å². The monoisotopic (exact) mass is 418 g/mol. The van der Waals surface area contributed by atoms with Gasteiger partial charge in [0, 0.05) is 30.4 Å². The van der Waals surface area contributed by atoms with E-state index in [1.54, 1.807) is 42.5 Å². The van der Waals surface area contributed by atoms with Gasteiger partial charge < -0.3 is 10.1 Å². The van der Waals surface area contributed by atoms with Crippen LogP contribution < -0.4 is 20.9 Å². The Morgan fingerprint density at radius 1 is 0.742 bits per heavy atom. The lowest BCUT2D eigenvalue weighted by Crippen LogP contribution is -2.41. The molecule has 0 bridgehead atoms. The molecule has 3 rings (SSSR count). The zero-order valence-corrected chi connectivity index (χ0v) is 17.4. The molecule has 0 unspecified atom stereocenters. The van der Waals surface area contributed by atoms with Crippen molar-refractivity contribution in [3.05, 3.63) is 88.7 Å². The number of carbonyl (C=O) groups is 3. The number of aryl methyl sites for hydroxylation is 2. The number of benzene rings is 2. The smallest absolute Gasteiger partial charge is 0.269 e. The van der Waals surface area contributed by atoms with Crippen molar-refractivity contribution in [2.75, 3.05) is 7.05 Å². The second-order valence-electron chi connectivity index (χ2n) is 6.79. The van der Waals surface area contributed by atoms with E-state index in [-0.39, 0.29) is 11.6 Å². The van der Waals surface area contributed by atoms with Gasteiger partial charge in [0.1, 0.15) is 17.2 Å². The molecular formula is C23H22N4O4. The van der Waals surface area contributed by atoms with Gasteiger partial charge in [-0.3, -0.25) is 30.2 Å². The van der Waals surface area contributed by atoms with Crippen LogP contribution in [0.4, 0.5) is 0 Å². The van der Waals surface area contributed by atoms with Crippen molar-refractivity contribution in [2.24, 2.45) is 0 Å². The molecule has 3 N–H and O–H groups in total. The zero-order chi connectivity index (χ0) is 22.4. The Hall–Kier alpha value is -4.20. The normalized spacial score (nSPS) is 10.2. The molecule has 0 aliphatic carbocycles. The highest BCUT2D eigenvalue weighted by Crippen LogP contribution is 2.22. The van der Waals surface area contributed by atoms with E-state index in [1.165, 1.54) is 19.3 Å². The minimum Gasteiger partial charge on any atom is -0.457 e. The van der Waals surface area contributed by atoms with E-state index < -0.39 is 11.8 Å². The van der Waals surface area contributed by atoms with Crippen molar-refractivity contribution in [1.29, 1.82) is 0 Å². The maximum Gasteiger partial charge on any atom is 0.269 e. The Morgan fingerprint density at radius 3 is 2.03 bits per heavy atom. The summed E-state index contributed by atoms with van der Waals surface area (Å²) in [6, 6.07) is 14.8. The molecule has 158 valence electrons. The largest absolute Gasteiger partial charge is 0.457 e. The summed E-state index contributed by atoms with van der Waals surface area (Å²) in [7, 11) is 1.52. The minimum absolute atomic E-state index is 0.232. The molecule has 0 spiro atoms. The fraction of sp³-hybridized carbons (Fsp3) is 0.130. The van der Waals surface area contributed by atoms with Gasteiger partial charge in [0.2, 0.25) is 0 Å². The Labute approximate surface area is 179 Å². The number of ether oxygens (including phenoxy) is 1. The van der Waals surface area contributed by atoms with Gasteiger partial charge in [-0.25, -0.2) is 0 Å². The lowest BCUT2D eigenvalue weighted by Gasteiger charge is -2.10. The van der Waals surface area contributed by atoms with Crippen molar-refractivity contribution < 1.29 is 19.1 Å². The van der Waals surface area contributed by atoms with Gasteiger partial charge in [-0.1, -0.05) is 6.07 Å². The predicted molar refractivity (Wildman–Crippen MR) is 115 cm³/mol. The molecule has 0 saturated carbocycles. The van der Waals surface area contributed by atoms with Crippen LogP contribution in [-0.4, -0.2) is 29.8 Å². The van der Waals surface area contributed by atoms with Crippen LogP contribution in [0, 0.1) is 13.8 Å². The lowest BCUT2D eigenvalue weighted by atomic mass is 10.1. The number of nitrogens with one attached hydrogen (secondary N) is 3. The number of nitrogens with zero attached hydrogens (tertiary/aromatic N) is 1. The number of hydrogen-bond donors (Lipinski definition) is 3. The first kappa shape index (κ1) is 21.5. The van der Waals surface area contributed by atoms with Crippen molar-refractivity contribution >= 4 is 17.7 Å². The van der Waals surface area contributed by atoms with E-state index in [1.807, 2.05) is 19.9 Å². The van der Waals surface area contributed by atoms with E-state index in [9.17, 15) is 14.4 Å². The van der Waals surface area contributed by atoms with Crippen LogP contribution in [0.3, 0.4) is 0 Å². The maximum absolute atomic E-state index is 12.3. The summed E-state index contributed by atoms with van der Waals surface area (Å²) >= 11 is 0. The maximum atomic E-state index is 12.3. The third kappa shape index (κ3) is 5.45. The minimum atomic E-state index is -0.463. The van der Waals surface area contributed by atoms with Crippen LogP contribution in [0.2, 0.25) is 0 Å². The number of rotatable bonds is 5. The van der Waals surface area contributed by atoms with Crippen molar-refractivity contribution in [3.63, 3.8) is 0 Å². The van der Waals surface area contributed by atoms with Crippen LogP contribution in [0.25, 0.3) is 0 Å². The number of hydrogen-bond acceptors (Lipinski definition) is 5. The number of carbonyl (C=O) groups excluding carboxylic acids is 3. The molecule has 31 heavy (non-hydrogen) atoms. The average molecular weight is 418 g/mol. The van der Waals surface area contributed by atoms with Crippen molar-refractivity contribution in [2.45, 2.75) is 13.8 Å². The molecule has 2 aromatic carbocycles. The van der Waals surface area contributed by atoms with Crippen LogP contribution in [0.15, 0.2) is 60.8 Å². The number of hydrazine groups is 1. The molecule has 0 aliphatic heterocycles. The van der Waals surface area contributed by atoms with E-state index in [0.29, 0.717) is 22.6 Å². The SMILES string of the molecule is CNC(=O)c1cc(Oc2ccc(C(=O)NNC(=O)c3ccc(C)c(C)c3)cc2)ccn1. The van der Waals surface area contributed by atoms with Crippen LogP contribution in [0.1, 0.15) is 42.3 Å². The second-order valence-corrected chi connectivity index (χ2v) is 6.79.